The largest absolute Gasteiger partial charge is 0.474 e. The zero-order chi connectivity index (χ0) is 13.8. The van der Waals surface area contributed by atoms with Gasteiger partial charge in [-0.25, -0.2) is 4.98 Å². The van der Waals surface area contributed by atoms with E-state index in [0.717, 1.165) is 25.9 Å². The third-order valence-electron chi connectivity index (χ3n) is 3.46. The lowest BCUT2D eigenvalue weighted by atomic mass is 10.1. The zero-order valence-corrected chi connectivity index (χ0v) is 11.8. The van der Waals surface area contributed by atoms with E-state index in [-0.39, 0.29) is 6.10 Å². The third-order valence-corrected chi connectivity index (χ3v) is 3.68. The summed E-state index contributed by atoms with van der Waals surface area (Å²) < 4.78 is 5.89. The van der Waals surface area contributed by atoms with Gasteiger partial charge in [0.2, 0.25) is 5.88 Å². The summed E-state index contributed by atoms with van der Waals surface area (Å²) >= 11 is 5.81. The van der Waals surface area contributed by atoms with E-state index in [1.54, 1.807) is 12.3 Å². The van der Waals surface area contributed by atoms with Gasteiger partial charge in [-0.15, -0.1) is 0 Å². The highest BCUT2D eigenvalue weighted by molar-refractivity contribution is 6.30. The Morgan fingerprint density at radius 1 is 1.10 bits per heavy atom. The Morgan fingerprint density at radius 3 is 2.50 bits per heavy atom. The molecule has 0 N–H and O–H groups in total. The van der Waals surface area contributed by atoms with Gasteiger partial charge in [0.15, 0.2) is 0 Å². The lowest BCUT2D eigenvalue weighted by Crippen LogP contribution is -2.38. The zero-order valence-electron chi connectivity index (χ0n) is 11.1. The van der Waals surface area contributed by atoms with Crippen molar-refractivity contribution in [3.63, 3.8) is 0 Å². The SMILES string of the molecule is Clc1ccc(OC2CCN(c3ccncc3)CC2)nc1. The molecular weight excluding hydrogens is 274 g/mol. The van der Waals surface area contributed by atoms with Crippen LogP contribution in [-0.2, 0) is 0 Å². The smallest absolute Gasteiger partial charge is 0.213 e. The lowest BCUT2D eigenvalue weighted by molar-refractivity contribution is 0.164. The fourth-order valence-corrected chi connectivity index (χ4v) is 2.50. The van der Waals surface area contributed by atoms with E-state index >= 15 is 0 Å². The van der Waals surface area contributed by atoms with E-state index in [1.807, 2.05) is 30.6 Å². The molecule has 0 aliphatic carbocycles. The second-order valence-electron chi connectivity index (χ2n) is 4.82. The highest BCUT2D eigenvalue weighted by atomic mass is 35.5. The molecule has 3 rings (SSSR count). The van der Waals surface area contributed by atoms with Crippen molar-refractivity contribution in [3.8, 4) is 5.88 Å². The molecule has 1 saturated heterocycles. The molecule has 0 atom stereocenters. The van der Waals surface area contributed by atoms with Gasteiger partial charge in [-0.05, 0) is 18.2 Å². The maximum absolute atomic E-state index is 5.89. The van der Waals surface area contributed by atoms with Gasteiger partial charge in [-0.1, -0.05) is 11.6 Å². The first kappa shape index (κ1) is 13.2. The molecule has 1 fully saturated rings. The monoisotopic (exact) mass is 289 g/mol. The Bertz CT molecular complexity index is 539. The van der Waals surface area contributed by atoms with E-state index < -0.39 is 0 Å². The molecule has 20 heavy (non-hydrogen) atoms. The fraction of sp³-hybridized carbons (Fsp3) is 0.333. The molecule has 104 valence electrons. The molecule has 0 aromatic carbocycles. The maximum Gasteiger partial charge on any atom is 0.213 e. The summed E-state index contributed by atoms with van der Waals surface area (Å²) in [4.78, 5) is 10.6. The molecule has 1 aliphatic heterocycles. The minimum Gasteiger partial charge on any atom is -0.474 e. The first-order chi connectivity index (χ1) is 9.81. The number of anilines is 1. The summed E-state index contributed by atoms with van der Waals surface area (Å²) in [6.45, 7) is 1.98. The summed E-state index contributed by atoms with van der Waals surface area (Å²) in [5.74, 6) is 0.650. The van der Waals surface area contributed by atoms with Crippen molar-refractivity contribution < 1.29 is 4.74 Å². The van der Waals surface area contributed by atoms with Crippen LogP contribution in [0, 0.1) is 0 Å². The van der Waals surface area contributed by atoms with E-state index in [9.17, 15) is 0 Å². The molecule has 0 spiro atoms. The predicted octanol–water partition coefficient (Wildman–Crippen LogP) is 3.18. The van der Waals surface area contributed by atoms with Crippen molar-refractivity contribution in [3.05, 3.63) is 47.9 Å². The Labute approximate surface area is 123 Å². The minimum atomic E-state index is 0.224. The van der Waals surface area contributed by atoms with E-state index in [1.165, 1.54) is 5.69 Å². The number of rotatable bonds is 3. The van der Waals surface area contributed by atoms with E-state index in [2.05, 4.69) is 14.9 Å². The van der Waals surface area contributed by atoms with Crippen LogP contribution in [0.15, 0.2) is 42.9 Å². The first-order valence-electron chi connectivity index (χ1n) is 6.74. The van der Waals surface area contributed by atoms with Gasteiger partial charge in [0.1, 0.15) is 6.10 Å². The standard InChI is InChI=1S/C15H16ClN3O/c16-12-1-2-15(18-11-12)20-14-5-9-19(10-6-14)13-3-7-17-8-4-13/h1-4,7-8,11,14H,5-6,9-10H2. The van der Waals surface area contributed by atoms with Crippen molar-refractivity contribution in [2.45, 2.75) is 18.9 Å². The topological polar surface area (TPSA) is 38.2 Å². The molecule has 2 aromatic heterocycles. The number of nitrogens with zero attached hydrogens (tertiary/aromatic N) is 3. The van der Waals surface area contributed by atoms with Crippen LogP contribution in [0.3, 0.4) is 0 Å². The van der Waals surface area contributed by atoms with Crippen molar-refractivity contribution in [1.29, 1.82) is 0 Å². The van der Waals surface area contributed by atoms with Crippen LogP contribution < -0.4 is 9.64 Å². The van der Waals surface area contributed by atoms with Gasteiger partial charge in [0.05, 0.1) is 5.02 Å². The highest BCUT2D eigenvalue weighted by Crippen LogP contribution is 2.22. The second kappa shape index (κ2) is 6.09. The minimum absolute atomic E-state index is 0.224. The maximum atomic E-state index is 5.89. The van der Waals surface area contributed by atoms with Gasteiger partial charge in [-0.3, -0.25) is 4.98 Å². The molecule has 0 unspecified atom stereocenters. The van der Waals surface area contributed by atoms with Crippen molar-refractivity contribution in [2.75, 3.05) is 18.0 Å². The summed E-state index contributed by atoms with van der Waals surface area (Å²) in [6.07, 6.45) is 7.48. The average Bonchev–Trinajstić information content (AvgIpc) is 2.51. The third kappa shape index (κ3) is 3.20. The average molecular weight is 290 g/mol. The molecular formula is C15H16ClN3O. The van der Waals surface area contributed by atoms with Crippen molar-refractivity contribution >= 4 is 17.3 Å². The molecule has 0 amide bonds. The predicted molar refractivity (Wildman–Crippen MR) is 79.3 cm³/mol. The van der Waals surface area contributed by atoms with Crippen LogP contribution >= 0.6 is 11.6 Å². The summed E-state index contributed by atoms with van der Waals surface area (Å²) in [6, 6.07) is 7.71. The summed E-state index contributed by atoms with van der Waals surface area (Å²) in [5.41, 5.74) is 1.23. The van der Waals surface area contributed by atoms with E-state index in [4.69, 9.17) is 16.3 Å². The molecule has 2 aromatic rings. The quantitative estimate of drug-likeness (QED) is 0.870. The Balaban J connectivity index is 1.55. The Hall–Kier alpha value is -1.81. The number of pyridine rings is 2. The number of hydrogen-bond donors (Lipinski definition) is 0. The normalized spacial score (nSPS) is 16.1. The van der Waals surface area contributed by atoms with Crippen LogP contribution in [0.2, 0.25) is 5.02 Å². The van der Waals surface area contributed by atoms with E-state index in [0.29, 0.717) is 10.9 Å². The van der Waals surface area contributed by atoms with Crippen molar-refractivity contribution in [1.82, 2.24) is 9.97 Å². The molecule has 0 saturated carbocycles. The first-order valence-corrected chi connectivity index (χ1v) is 7.12. The molecule has 5 heteroatoms. The number of piperidine rings is 1. The Morgan fingerprint density at radius 2 is 1.85 bits per heavy atom. The lowest BCUT2D eigenvalue weighted by Gasteiger charge is -2.33. The van der Waals surface area contributed by atoms with Crippen LogP contribution in [-0.4, -0.2) is 29.2 Å². The molecule has 4 nitrogen and oxygen atoms in total. The van der Waals surface area contributed by atoms with Crippen LogP contribution in [0.4, 0.5) is 5.69 Å². The van der Waals surface area contributed by atoms with Gasteiger partial charge >= 0.3 is 0 Å². The molecule has 3 heterocycles. The molecule has 1 aliphatic rings. The summed E-state index contributed by atoms with van der Waals surface area (Å²) in [5, 5.41) is 0.629. The van der Waals surface area contributed by atoms with Crippen LogP contribution in [0.25, 0.3) is 0 Å². The van der Waals surface area contributed by atoms with Gasteiger partial charge < -0.3 is 9.64 Å². The van der Waals surface area contributed by atoms with Crippen LogP contribution in [0.5, 0.6) is 5.88 Å². The fourth-order valence-electron chi connectivity index (χ4n) is 2.39. The van der Waals surface area contributed by atoms with Gasteiger partial charge in [0, 0.05) is 56.3 Å². The number of halogens is 1. The molecule has 0 radical (unpaired) electrons. The van der Waals surface area contributed by atoms with Crippen molar-refractivity contribution in [2.24, 2.45) is 0 Å². The highest BCUT2D eigenvalue weighted by Gasteiger charge is 2.21. The van der Waals surface area contributed by atoms with Gasteiger partial charge in [-0.2, -0.15) is 0 Å². The summed E-state index contributed by atoms with van der Waals surface area (Å²) in [7, 11) is 0. The van der Waals surface area contributed by atoms with Gasteiger partial charge in [0.25, 0.3) is 0 Å². The number of aromatic nitrogens is 2. The number of ether oxygens (including phenoxy) is 1. The Kier molecular flexibility index (Phi) is 4.02. The molecule has 0 bridgehead atoms. The second-order valence-corrected chi connectivity index (χ2v) is 5.26. The van der Waals surface area contributed by atoms with Crippen LogP contribution in [0.1, 0.15) is 12.8 Å². The number of hydrogen-bond acceptors (Lipinski definition) is 4.